The maximum atomic E-state index is 6.07. The van der Waals surface area contributed by atoms with Gasteiger partial charge in [0.1, 0.15) is 11.5 Å². The molecule has 1 aliphatic rings. The summed E-state index contributed by atoms with van der Waals surface area (Å²) in [6.45, 7) is 0. The van der Waals surface area contributed by atoms with Crippen LogP contribution in [0.1, 0.15) is 11.3 Å². The Bertz CT molecular complexity index is 554. The molecule has 0 spiro atoms. The van der Waals surface area contributed by atoms with E-state index >= 15 is 0 Å². The van der Waals surface area contributed by atoms with Crippen LogP contribution >= 0.6 is 27.5 Å². The third-order valence-electron chi connectivity index (χ3n) is 2.57. The van der Waals surface area contributed by atoms with Crippen molar-refractivity contribution in [1.82, 2.24) is 9.97 Å². The van der Waals surface area contributed by atoms with Crippen LogP contribution in [0.3, 0.4) is 0 Å². The molecule has 0 radical (unpaired) electrons. The molecule has 1 aliphatic carbocycles. The second kappa shape index (κ2) is 3.29. The van der Waals surface area contributed by atoms with E-state index in [1.54, 1.807) is 0 Å². The fraction of sp³-hybridized carbons (Fsp3) is 0.0909. The summed E-state index contributed by atoms with van der Waals surface area (Å²) in [5, 5.41) is 0.543. The van der Waals surface area contributed by atoms with Crippen LogP contribution in [0.5, 0.6) is 0 Å². The van der Waals surface area contributed by atoms with Crippen molar-refractivity contribution in [3.63, 3.8) is 0 Å². The van der Waals surface area contributed by atoms with E-state index in [9.17, 15) is 0 Å². The zero-order valence-electron chi connectivity index (χ0n) is 7.67. The lowest BCUT2D eigenvalue weighted by Gasteiger charge is -2.01. The molecule has 0 saturated heterocycles. The highest BCUT2D eigenvalue weighted by molar-refractivity contribution is 9.10. The SMILES string of the molecule is Clc1ncnc2c1-c1ccc(Br)cc1C2. The summed E-state index contributed by atoms with van der Waals surface area (Å²) < 4.78 is 1.08. The normalized spacial score (nSPS) is 12.4. The number of halogens is 2. The van der Waals surface area contributed by atoms with Gasteiger partial charge in [-0.25, -0.2) is 9.97 Å². The number of nitrogens with zero attached hydrogens (tertiary/aromatic N) is 2. The maximum Gasteiger partial charge on any atom is 0.140 e. The van der Waals surface area contributed by atoms with Gasteiger partial charge < -0.3 is 0 Å². The topological polar surface area (TPSA) is 25.8 Å². The maximum absolute atomic E-state index is 6.07. The monoisotopic (exact) mass is 280 g/mol. The molecule has 3 rings (SSSR count). The van der Waals surface area contributed by atoms with Gasteiger partial charge in [-0.3, -0.25) is 0 Å². The molecule has 1 aromatic carbocycles. The Morgan fingerprint density at radius 3 is 3.00 bits per heavy atom. The molecule has 0 bridgehead atoms. The Morgan fingerprint density at radius 1 is 1.27 bits per heavy atom. The molecule has 74 valence electrons. The van der Waals surface area contributed by atoms with Crippen LogP contribution in [-0.2, 0) is 6.42 Å². The number of rotatable bonds is 0. The summed E-state index contributed by atoms with van der Waals surface area (Å²) in [4.78, 5) is 8.27. The molecule has 2 nitrogen and oxygen atoms in total. The first-order chi connectivity index (χ1) is 7.25. The number of fused-ring (bicyclic) bond motifs is 3. The van der Waals surface area contributed by atoms with Crippen molar-refractivity contribution in [3.8, 4) is 11.1 Å². The highest BCUT2D eigenvalue weighted by Crippen LogP contribution is 2.39. The van der Waals surface area contributed by atoms with E-state index in [0.29, 0.717) is 5.15 Å². The summed E-state index contributed by atoms with van der Waals surface area (Å²) in [6.07, 6.45) is 2.36. The van der Waals surface area contributed by atoms with E-state index in [2.05, 4.69) is 38.0 Å². The molecule has 0 fully saturated rings. The van der Waals surface area contributed by atoms with Gasteiger partial charge in [0.25, 0.3) is 0 Å². The Morgan fingerprint density at radius 2 is 2.13 bits per heavy atom. The average molecular weight is 282 g/mol. The lowest BCUT2D eigenvalue weighted by atomic mass is 10.1. The van der Waals surface area contributed by atoms with Crippen molar-refractivity contribution >= 4 is 27.5 Å². The average Bonchev–Trinajstić information content (AvgIpc) is 2.56. The lowest BCUT2D eigenvalue weighted by Crippen LogP contribution is -1.88. The van der Waals surface area contributed by atoms with Crippen LogP contribution in [0, 0.1) is 0 Å². The summed E-state index contributed by atoms with van der Waals surface area (Å²) in [6, 6.07) is 6.17. The molecule has 0 aliphatic heterocycles. The fourth-order valence-electron chi connectivity index (χ4n) is 1.93. The van der Waals surface area contributed by atoms with E-state index in [1.165, 1.54) is 11.9 Å². The fourth-order valence-corrected chi connectivity index (χ4v) is 2.59. The van der Waals surface area contributed by atoms with Gasteiger partial charge in [-0.05, 0) is 23.3 Å². The quantitative estimate of drug-likeness (QED) is 0.590. The molecule has 0 saturated carbocycles. The largest absolute Gasteiger partial charge is 0.240 e. The van der Waals surface area contributed by atoms with Crippen LogP contribution in [0.15, 0.2) is 29.0 Å². The molecule has 0 unspecified atom stereocenters. The van der Waals surface area contributed by atoms with Gasteiger partial charge >= 0.3 is 0 Å². The molecule has 4 heteroatoms. The van der Waals surface area contributed by atoms with Gasteiger partial charge in [0.05, 0.1) is 5.69 Å². The van der Waals surface area contributed by atoms with E-state index < -0.39 is 0 Å². The van der Waals surface area contributed by atoms with Gasteiger partial charge in [-0.2, -0.15) is 0 Å². The second-order valence-electron chi connectivity index (χ2n) is 3.46. The third-order valence-corrected chi connectivity index (χ3v) is 3.35. The minimum Gasteiger partial charge on any atom is -0.240 e. The predicted octanol–water partition coefficient (Wildman–Crippen LogP) is 3.46. The van der Waals surface area contributed by atoms with Gasteiger partial charge in [0, 0.05) is 16.5 Å². The third kappa shape index (κ3) is 1.38. The summed E-state index contributed by atoms with van der Waals surface area (Å²) in [7, 11) is 0. The predicted molar refractivity (Wildman–Crippen MR) is 63.0 cm³/mol. The molecular weight excluding hydrogens is 275 g/mol. The second-order valence-corrected chi connectivity index (χ2v) is 4.74. The lowest BCUT2D eigenvalue weighted by molar-refractivity contribution is 1.07. The zero-order chi connectivity index (χ0) is 10.4. The number of aromatic nitrogens is 2. The van der Waals surface area contributed by atoms with Gasteiger partial charge in [0.15, 0.2) is 0 Å². The first-order valence-corrected chi connectivity index (χ1v) is 5.71. The van der Waals surface area contributed by atoms with Crippen LogP contribution in [0.4, 0.5) is 0 Å². The van der Waals surface area contributed by atoms with E-state index in [1.807, 2.05) is 6.07 Å². The Hall–Kier alpha value is -0.930. The summed E-state index contributed by atoms with van der Waals surface area (Å²) >= 11 is 9.53. The Kier molecular flexibility index (Phi) is 2.04. The number of hydrogen-bond donors (Lipinski definition) is 0. The Labute approximate surface area is 100 Å². The smallest absolute Gasteiger partial charge is 0.140 e. The summed E-state index contributed by atoms with van der Waals surface area (Å²) in [5.74, 6) is 0. The van der Waals surface area contributed by atoms with Crippen LogP contribution in [-0.4, -0.2) is 9.97 Å². The minimum atomic E-state index is 0.543. The van der Waals surface area contributed by atoms with Crippen molar-refractivity contribution in [2.24, 2.45) is 0 Å². The van der Waals surface area contributed by atoms with Crippen molar-refractivity contribution in [1.29, 1.82) is 0 Å². The highest BCUT2D eigenvalue weighted by atomic mass is 79.9. The molecular formula is C11H6BrClN2. The van der Waals surface area contributed by atoms with Crippen LogP contribution in [0.25, 0.3) is 11.1 Å². The van der Waals surface area contributed by atoms with Crippen molar-refractivity contribution in [2.45, 2.75) is 6.42 Å². The van der Waals surface area contributed by atoms with E-state index in [-0.39, 0.29) is 0 Å². The number of hydrogen-bond acceptors (Lipinski definition) is 2. The highest BCUT2D eigenvalue weighted by Gasteiger charge is 2.22. The van der Waals surface area contributed by atoms with E-state index in [0.717, 1.165) is 27.7 Å². The molecule has 2 aromatic rings. The van der Waals surface area contributed by atoms with Crippen LogP contribution < -0.4 is 0 Å². The molecule has 1 aromatic heterocycles. The van der Waals surface area contributed by atoms with Crippen LogP contribution in [0.2, 0.25) is 5.15 Å². The van der Waals surface area contributed by atoms with Crippen molar-refractivity contribution in [2.75, 3.05) is 0 Å². The molecule has 1 heterocycles. The first-order valence-electron chi connectivity index (χ1n) is 4.54. The van der Waals surface area contributed by atoms with Crippen molar-refractivity contribution < 1.29 is 0 Å². The zero-order valence-corrected chi connectivity index (χ0v) is 10.0. The number of benzene rings is 1. The van der Waals surface area contributed by atoms with Gasteiger partial charge in [-0.15, -0.1) is 0 Å². The van der Waals surface area contributed by atoms with Crippen molar-refractivity contribution in [3.05, 3.63) is 45.4 Å². The molecule has 0 N–H and O–H groups in total. The van der Waals surface area contributed by atoms with Gasteiger partial charge in [-0.1, -0.05) is 33.6 Å². The molecule has 0 atom stereocenters. The summed E-state index contributed by atoms with van der Waals surface area (Å²) in [5.41, 5.74) is 4.41. The minimum absolute atomic E-state index is 0.543. The standard InChI is InChI=1S/C11H6BrClN2/c12-7-1-2-8-6(3-7)4-9-10(8)11(13)15-5-14-9/h1-3,5H,4H2. The molecule has 0 amide bonds. The Balaban J connectivity index is 2.31. The van der Waals surface area contributed by atoms with Gasteiger partial charge in [0.2, 0.25) is 0 Å². The molecule has 15 heavy (non-hydrogen) atoms. The van der Waals surface area contributed by atoms with E-state index in [4.69, 9.17) is 11.6 Å². The first kappa shape index (κ1) is 9.31.